The zero-order chi connectivity index (χ0) is 18.8. The molecule has 3 aromatic rings. The Morgan fingerprint density at radius 1 is 0.852 bits per heavy atom. The third kappa shape index (κ3) is 3.52. The first-order valence-electron chi connectivity index (χ1n) is 9.68. The van der Waals surface area contributed by atoms with Gasteiger partial charge in [-0.1, -0.05) is 42.5 Å². The Morgan fingerprint density at radius 2 is 1.52 bits per heavy atom. The van der Waals surface area contributed by atoms with Crippen LogP contribution in [-0.2, 0) is 0 Å². The van der Waals surface area contributed by atoms with Gasteiger partial charge in [0, 0.05) is 13.1 Å². The largest absolute Gasteiger partial charge is 0.496 e. The molecule has 1 heterocycles. The fourth-order valence-corrected chi connectivity index (χ4v) is 4.01. The lowest BCUT2D eigenvalue weighted by Gasteiger charge is -2.30. The highest BCUT2D eigenvalue weighted by Crippen LogP contribution is 2.42. The van der Waals surface area contributed by atoms with Crippen LogP contribution in [0.1, 0.15) is 18.4 Å². The molecule has 1 aliphatic rings. The Hall–Kier alpha value is -2.52. The standard InChI is InChI=1S/C24H27NO2/c1-17-7-4-9-20-19(17)8-5-10-21(20)24-22(26-3)11-6-12-23(24)27-18-13-15-25(2)16-14-18/h4-12,18H,13-16H2,1-3H3. The van der Waals surface area contributed by atoms with Gasteiger partial charge in [-0.3, -0.25) is 0 Å². The average molecular weight is 361 g/mol. The van der Waals surface area contributed by atoms with Crippen LogP contribution in [0.2, 0.25) is 0 Å². The summed E-state index contributed by atoms with van der Waals surface area (Å²) in [6.45, 7) is 4.32. The molecule has 0 amide bonds. The van der Waals surface area contributed by atoms with Crippen LogP contribution in [0.5, 0.6) is 11.5 Å². The number of benzene rings is 3. The number of fused-ring (bicyclic) bond motifs is 1. The lowest BCUT2D eigenvalue weighted by molar-refractivity contribution is 0.114. The van der Waals surface area contributed by atoms with Gasteiger partial charge >= 0.3 is 0 Å². The van der Waals surface area contributed by atoms with Gasteiger partial charge < -0.3 is 14.4 Å². The summed E-state index contributed by atoms with van der Waals surface area (Å²) in [4.78, 5) is 2.36. The second-order valence-electron chi connectivity index (χ2n) is 7.43. The molecule has 27 heavy (non-hydrogen) atoms. The fourth-order valence-electron chi connectivity index (χ4n) is 4.01. The number of rotatable bonds is 4. The molecule has 0 unspecified atom stereocenters. The second kappa shape index (κ2) is 7.61. The first-order valence-corrected chi connectivity index (χ1v) is 9.68. The quantitative estimate of drug-likeness (QED) is 0.630. The van der Waals surface area contributed by atoms with Crippen LogP contribution in [0.25, 0.3) is 21.9 Å². The minimum atomic E-state index is 0.253. The number of ether oxygens (including phenoxy) is 2. The molecule has 0 atom stereocenters. The second-order valence-corrected chi connectivity index (χ2v) is 7.43. The molecule has 3 aromatic carbocycles. The molecule has 0 bridgehead atoms. The van der Waals surface area contributed by atoms with E-state index in [0.717, 1.165) is 48.6 Å². The fraction of sp³-hybridized carbons (Fsp3) is 0.333. The summed E-state index contributed by atoms with van der Waals surface area (Å²) < 4.78 is 12.2. The van der Waals surface area contributed by atoms with E-state index in [1.807, 2.05) is 12.1 Å². The van der Waals surface area contributed by atoms with Gasteiger partial charge in [0.25, 0.3) is 0 Å². The first kappa shape index (κ1) is 17.9. The molecule has 3 heteroatoms. The molecule has 0 spiro atoms. The van der Waals surface area contributed by atoms with Crippen LogP contribution in [0.3, 0.4) is 0 Å². The number of nitrogens with zero attached hydrogens (tertiary/aromatic N) is 1. The molecule has 3 nitrogen and oxygen atoms in total. The monoisotopic (exact) mass is 361 g/mol. The summed E-state index contributed by atoms with van der Waals surface area (Å²) in [5, 5.41) is 2.50. The molecule has 4 rings (SSSR count). The molecular weight excluding hydrogens is 334 g/mol. The number of methoxy groups -OCH3 is 1. The number of likely N-dealkylation sites (tertiary alicyclic amines) is 1. The summed E-state index contributed by atoms with van der Waals surface area (Å²) in [6.07, 6.45) is 2.37. The minimum absolute atomic E-state index is 0.253. The molecular formula is C24H27NO2. The summed E-state index contributed by atoms with van der Waals surface area (Å²) in [5.74, 6) is 1.77. The lowest BCUT2D eigenvalue weighted by atomic mass is 9.94. The van der Waals surface area contributed by atoms with Gasteiger partial charge in [0.15, 0.2) is 0 Å². The van der Waals surface area contributed by atoms with Crippen LogP contribution in [0, 0.1) is 6.92 Å². The van der Waals surface area contributed by atoms with Gasteiger partial charge in [-0.2, -0.15) is 0 Å². The highest BCUT2D eigenvalue weighted by molar-refractivity contribution is 6.00. The summed E-state index contributed by atoms with van der Waals surface area (Å²) >= 11 is 0. The van der Waals surface area contributed by atoms with Crippen molar-refractivity contribution in [3.8, 4) is 22.6 Å². The van der Waals surface area contributed by atoms with E-state index in [-0.39, 0.29) is 6.10 Å². The molecule has 140 valence electrons. The van der Waals surface area contributed by atoms with E-state index in [1.165, 1.54) is 16.3 Å². The van der Waals surface area contributed by atoms with E-state index >= 15 is 0 Å². The van der Waals surface area contributed by atoms with E-state index < -0.39 is 0 Å². The highest BCUT2D eigenvalue weighted by atomic mass is 16.5. The van der Waals surface area contributed by atoms with Crippen molar-refractivity contribution in [2.45, 2.75) is 25.9 Å². The zero-order valence-corrected chi connectivity index (χ0v) is 16.4. The zero-order valence-electron chi connectivity index (χ0n) is 16.4. The predicted octanol–water partition coefficient (Wildman–Crippen LogP) is 5.30. The molecule has 0 saturated carbocycles. The van der Waals surface area contributed by atoms with Crippen molar-refractivity contribution < 1.29 is 9.47 Å². The van der Waals surface area contributed by atoms with E-state index in [2.05, 4.69) is 61.3 Å². The molecule has 0 radical (unpaired) electrons. The Morgan fingerprint density at radius 3 is 2.30 bits per heavy atom. The number of hydrogen-bond donors (Lipinski definition) is 0. The molecule has 1 saturated heterocycles. The SMILES string of the molecule is COc1cccc(OC2CCN(C)CC2)c1-c1cccc2c(C)cccc12. The van der Waals surface area contributed by atoms with Crippen molar-refractivity contribution >= 4 is 10.8 Å². The summed E-state index contributed by atoms with van der Waals surface area (Å²) in [7, 11) is 3.90. The normalized spacial score (nSPS) is 15.8. The third-order valence-corrected chi connectivity index (χ3v) is 5.58. The topological polar surface area (TPSA) is 21.7 Å². The van der Waals surface area contributed by atoms with E-state index in [0.29, 0.717) is 0 Å². The smallest absolute Gasteiger partial charge is 0.131 e. The Kier molecular flexibility index (Phi) is 5.04. The van der Waals surface area contributed by atoms with E-state index in [9.17, 15) is 0 Å². The van der Waals surface area contributed by atoms with Crippen LogP contribution in [0.15, 0.2) is 54.6 Å². The number of hydrogen-bond acceptors (Lipinski definition) is 3. The molecule has 1 aliphatic heterocycles. The Balaban J connectivity index is 1.82. The first-order chi connectivity index (χ1) is 13.2. The van der Waals surface area contributed by atoms with Gasteiger partial charge in [-0.25, -0.2) is 0 Å². The summed E-state index contributed by atoms with van der Waals surface area (Å²) in [6, 6.07) is 19.0. The Bertz CT molecular complexity index is 942. The van der Waals surface area contributed by atoms with Crippen LogP contribution >= 0.6 is 0 Å². The highest BCUT2D eigenvalue weighted by Gasteiger charge is 2.22. The molecule has 0 N–H and O–H groups in total. The van der Waals surface area contributed by atoms with E-state index in [4.69, 9.17) is 9.47 Å². The van der Waals surface area contributed by atoms with Gasteiger partial charge in [0.1, 0.15) is 17.6 Å². The van der Waals surface area contributed by atoms with Gasteiger partial charge in [-0.15, -0.1) is 0 Å². The average Bonchev–Trinajstić information content (AvgIpc) is 2.70. The predicted molar refractivity (Wildman–Crippen MR) is 112 cm³/mol. The van der Waals surface area contributed by atoms with Crippen LogP contribution in [0.4, 0.5) is 0 Å². The third-order valence-electron chi connectivity index (χ3n) is 5.58. The molecule has 0 aliphatic carbocycles. The summed E-state index contributed by atoms with van der Waals surface area (Å²) in [5.41, 5.74) is 3.49. The van der Waals surface area contributed by atoms with Crippen molar-refractivity contribution in [3.63, 3.8) is 0 Å². The number of piperidine rings is 1. The van der Waals surface area contributed by atoms with Crippen molar-refractivity contribution in [1.29, 1.82) is 0 Å². The minimum Gasteiger partial charge on any atom is -0.496 e. The molecule has 0 aromatic heterocycles. The van der Waals surface area contributed by atoms with Gasteiger partial charge in [0.2, 0.25) is 0 Å². The maximum Gasteiger partial charge on any atom is 0.131 e. The van der Waals surface area contributed by atoms with Crippen LogP contribution in [-0.4, -0.2) is 38.3 Å². The van der Waals surface area contributed by atoms with Crippen molar-refractivity contribution in [2.75, 3.05) is 27.2 Å². The maximum atomic E-state index is 6.50. The molecule has 1 fully saturated rings. The lowest BCUT2D eigenvalue weighted by Crippen LogP contribution is -2.35. The van der Waals surface area contributed by atoms with Crippen molar-refractivity contribution in [1.82, 2.24) is 4.90 Å². The van der Waals surface area contributed by atoms with Gasteiger partial charge in [0.05, 0.1) is 12.7 Å². The van der Waals surface area contributed by atoms with Crippen LogP contribution < -0.4 is 9.47 Å². The maximum absolute atomic E-state index is 6.50. The Labute approximate surface area is 161 Å². The van der Waals surface area contributed by atoms with Gasteiger partial charge in [-0.05, 0) is 60.8 Å². The van der Waals surface area contributed by atoms with E-state index in [1.54, 1.807) is 7.11 Å². The van der Waals surface area contributed by atoms with Crippen molar-refractivity contribution in [2.24, 2.45) is 0 Å². The van der Waals surface area contributed by atoms with Crippen molar-refractivity contribution in [3.05, 3.63) is 60.2 Å². The number of aryl methyl sites for hydroxylation is 1.